The molecule has 2 saturated heterocycles. The topological polar surface area (TPSA) is 89.5 Å². The van der Waals surface area contributed by atoms with Crippen molar-refractivity contribution in [2.24, 2.45) is 11.8 Å². The van der Waals surface area contributed by atoms with Crippen LogP contribution in [-0.2, 0) is 4.74 Å². The second-order valence-corrected chi connectivity index (χ2v) is 12.8. The van der Waals surface area contributed by atoms with Crippen molar-refractivity contribution in [2.45, 2.75) is 83.8 Å². The van der Waals surface area contributed by atoms with Gasteiger partial charge in [-0.25, -0.2) is 9.18 Å². The quantitative estimate of drug-likeness (QED) is 0.434. The number of benzene rings is 1. The number of nitrogens with zero attached hydrogens (tertiary/aromatic N) is 6. The smallest absolute Gasteiger partial charge is 0.410 e. The molecule has 1 aliphatic carbocycles. The molecule has 2 atom stereocenters. The summed E-state index contributed by atoms with van der Waals surface area (Å²) in [6, 6.07) is 5.54. The summed E-state index contributed by atoms with van der Waals surface area (Å²) < 4.78 is 27.7. The van der Waals surface area contributed by atoms with Gasteiger partial charge in [0.05, 0.1) is 5.69 Å². The van der Waals surface area contributed by atoms with Crippen molar-refractivity contribution >= 4 is 17.0 Å². The summed E-state index contributed by atoms with van der Waals surface area (Å²) in [5.74, 6) is 1.80. The third-order valence-corrected chi connectivity index (χ3v) is 8.59. The molecule has 2 bridgehead atoms. The van der Waals surface area contributed by atoms with E-state index in [1.165, 1.54) is 10.7 Å². The van der Waals surface area contributed by atoms with Crippen molar-refractivity contribution in [3.8, 4) is 5.95 Å². The van der Waals surface area contributed by atoms with E-state index in [-0.39, 0.29) is 29.7 Å². The lowest BCUT2D eigenvalue weighted by atomic mass is 9.87. The van der Waals surface area contributed by atoms with Crippen LogP contribution in [0.4, 0.5) is 9.18 Å². The number of rotatable bonds is 4. The monoisotopic (exact) mass is 538 g/mol. The van der Waals surface area contributed by atoms with Gasteiger partial charge in [-0.3, -0.25) is 4.90 Å². The van der Waals surface area contributed by atoms with Crippen molar-refractivity contribution in [3.63, 3.8) is 0 Å². The zero-order chi connectivity index (χ0) is 27.5. The summed E-state index contributed by atoms with van der Waals surface area (Å²) in [7, 11) is 0. The number of hydrogen-bond acceptors (Lipinski definition) is 7. The van der Waals surface area contributed by atoms with E-state index in [1.807, 2.05) is 45.6 Å². The van der Waals surface area contributed by atoms with Crippen LogP contribution in [0, 0.1) is 17.7 Å². The standard InChI is InChI=1S/C29H39FN6O3/c1-17(2)23-21-7-6-8-22(30)25(21)36(32-23)27-31-26(39-33-27)18-11-13-34(14-12-18)24-19-9-10-20(24)16-35(15-19)28(37)38-29(3,4)5/h6-8,17-20,24H,9-16H2,1-5H3. The van der Waals surface area contributed by atoms with Gasteiger partial charge < -0.3 is 14.2 Å². The fourth-order valence-corrected chi connectivity index (χ4v) is 6.91. The number of piperidine rings is 2. The van der Waals surface area contributed by atoms with E-state index in [2.05, 4.69) is 20.1 Å². The summed E-state index contributed by atoms with van der Waals surface area (Å²) in [6.45, 7) is 13.3. The molecule has 3 aromatic rings. The molecule has 4 heterocycles. The predicted molar refractivity (Wildman–Crippen MR) is 144 cm³/mol. The summed E-state index contributed by atoms with van der Waals surface area (Å²) >= 11 is 0. The average molecular weight is 539 g/mol. The second kappa shape index (κ2) is 9.87. The third-order valence-electron chi connectivity index (χ3n) is 8.59. The first-order valence-corrected chi connectivity index (χ1v) is 14.3. The van der Waals surface area contributed by atoms with Gasteiger partial charge in [-0.1, -0.05) is 26.0 Å². The van der Waals surface area contributed by atoms with E-state index in [0.29, 0.717) is 29.3 Å². The van der Waals surface area contributed by atoms with E-state index >= 15 is 0 Å². The Morgan fingerprint density at radius 3 is 2.44 bits per heavy atom. The van der Waals surface area contributed by atoms with E-state index in [9.17, 15) is 9.18 Å². The van der Waals surface area contributed by atoms with Gasteiger partial charge >= 0.3 is 6.09 Å². The molecule has 2 unspecified atom stereocenters. The zero-order valence-corrected chi connectivity index (χ0v) is 23.6. The van der Waals surface area contributed by atoms with Gasteiger partial charge in [-0.2, -0.15) is 14.8 Å². The van der Waals surface area contributed by atoms with Crippen LogP contribution in [0.2, 0.25) is 0 Å². The number of para-hydroxylation sites is 1. The van der Waals surface area contributed by atoms with E-state index in [1.54, 1.807) is 6.07 Å². The Labute approximate surface area is 228 Å². The van der Waals surface area contributed by atoms with E-state index < -0.39 is 5.60 Å². The molecule has 3 aliphatic rings. The van der Waals surface area contributed by atoms with Crippen LogP contribution in [0.25, 0.3) is 16.9 Å². The molecular weight excluding hydrogens is 499 g/mol. The Morgan fingerprint density at radius 2 is 1.79 bits per heavy atom. The van der Waals surface area contributed by atoms with Gasteiger partial charge in [0.25, 0.3) is 5.95 Å². The number of ether oxygens (including phenoxy) is 1. The zero-order valence-electron chi connectivity index (χ0n) is 23.6. The number of aromatic nitrogens is 4. The van der Waals surface area contributed by atoms with Gasteiger partial charge in [0, 0.05) is 30.4 Å². The number of hydrogen-bond donors (Lipinski definition) is 0. The molecular formula is C29H39FN6O3. The maximum absolute atomic E-state index is 14.8. The number of halogens is 1. The highest BCUT2D eigenvalue weighted by atomic mass is 19.1. The molecule has 9 nitrogen and oxygen atoms in total. The fraction of sp³-hybridized carbons (Fsp3) is 0.655. The summed E-state index contributed by atoms with van der Waals surface area (Å²) in [5.41, 5.74) is 0.729. The number of carbonyl (C=O) groups is 1. The maximum Gasteiger partial charge on any atom is 0.410 e. The Morgan fingerprint density at radius 1 is 1.10 bits per heavy atom. The van der Waals surface area contributed by atoms with Gasteiger partial charge in [-0.15, -0.1) is 0 Å². The maximum atomic E-state index is 14.8. The van der Waals surface area contributed by atoms with Crippen LogP contribution in [0.15, 0.2) is 22.7 Å². The minimum atomic E-state index is -0.473. The lowest BCUT2D eigenvalue weighted by molar-refractivity contribution is -0.00609. The molecule has 1 saturated carbocycles. The lowest BCUT2D eigenvalue weighted by Gasteiger charge is -2.45. The third kappa shape index (κ3) is 4.92. The first-order valence-electron chi connectivity index (χ1n) is 14.3. The summed E-state index contributed by atoms with van der Waals surface area (Å²) in [5, 5.41) is 9.64. The van der Waals surface area contributed by atoms with Gasteiger partial charge in [-0.05, 0) is 88.5 Å². The molecule has 1 amide bonds. The van der Waals surface area contributed by atoms with E-state index in [4.69, 9.17) is 9.26 Å². The van der Waals surface area contributed by atoms with Crippen LogP contribution in [0.5, 0.6) is 0 Å². The molecule has 2 aliphatic heterocycles. The molecule has 1 aromatic carbocycles. The summed E-state index contributed by atoms with van der Waals surface area (Å²) in [6.07, 6.45) is 3.99. The molecule has 0 N–H and O–H groups in total. The number of carbonyl (C=O) groups excluding carboxylic acids is 1. The molecule has 3 fully saturated rings. The van der Waals surface area contributed by atoms with Gasteiger partial charge in [0.1, 0.15) is 16.9 Å². The first kappa shape index (κ1) is 26.2. The molecule has 0 radical (unpaired) electrons. The van der Waals surface area contributed by atoms with Crippen molar-refractivity contribution in [1.82, 2.24) is 29.7 Å². The molecule has 210 valence electrons. The van der Waals surface area contributed by atoms with Crippen LogP contribution in [-0.4, -0.2) is 73.6 Å². The minimum Gasteiger partial charge on any atom is -0.444 e. The Bertz CT molecular complexity index is 1340. The van der Waals surface area contributed by atoms with Crippen molar-refractivity contribution in [3.05, 3.63) is 35.6 Å². The fourth-order valence-electron chi connectivity index (χ4n) is 6.91. The Balaban J connectivity index is 1.12. The van der Waals surface area contributed by atoms with Crippen molar-refractivity contribution < 1.29 is 18.4 Å². The molecule has 2 aromatic heterocycles. The highest BCUT2D eigenvalue weighted by Crippen LogP contribution is 2.42. The highest BCUT2D eigenvalue weighted by molar-refractivity contribution is 5.84. The summed E-state index contributed by atoms with van der Waals surface area (Å²) in [4.78, 5) is 21.9. The predicted octanol–water partition coefficient (Wildman–Crippen LogP) is 5.50. The first-order chi connectivity index (χ1) is 18.6. The Kier molecular flexibility index (Phi) is 6.64. The largest absolute Gasteiger partial charge is 0.444 e. The van der Waals surface area contributed by atoms with Crippen LogP contribution >= 0.6 is 0 Å². The molecule has 10 heteroatoms. The number of fused-ring (bicyclic) bond motifs is 3. The van der Waals surface area contributed by atoms with Crippen molar-refractivity contribution in [2.75, 3.05) is 26.2 Å². The molecule has 6 rings (SSSR count). The lowest BCUT2D eigenvalue weighted by Crippen LogP contribution is -2.56. The van der Waals surface area contributed by atoms with Crippen LogP contribution < -0.4 is 0 Å². The number of amides is 1. The van der Waals surface area contributed by atoms with Gasteiger partial charge in [0.2, 0.25) is 5.89 Å². The SMILES string of the molecule is CC(C)c1nn(-c2noc(C3CCN(C4C5CCC4CN(C(=O)OC(C)(C)C)C5)CC3)n2)c2c(F)cccc12. The second-order valence-electron chi connectivity index (χ2n) is 12.8. The minimum absolute atomic E-state index is 0.137. The normalized spacial score (nSPS) is 24.7. The highest BCUT2D eigenvalue weighted by Gasteiger charge is 2.47. The average Bonchev–Trinajstić information content (AvgIpc) is 3.58. The van der Waals surface area contributed by atoms with E-state index in [0.717, 1.165) is 62.9 Å². The molecule has 39 heavy (non-hydrogen) atoms. The van der Waals surface area contributed by atoms with Gasteiger partial charge in [0.15, 0.2) is 0 Å². The van der Waals surface area contributed by atoms with Crippen LogP contribution in [0.3, 0.4) is 0 Å². The Hall–Kier alpha value is -3.01. The van der Waals surface area contributed by atoms with Crippen molar-refractivity contribution in [1.29, 1.82) is 0 Å². The van der Waals surface area contributed by atoms with Crippen LogP contribution in [0.1, 0.15) is 83.7 Å². The molecule has 0 spiro atoms. The number of likely N-dealkylation sites (tertiary alicyclic amines) is 2.